The molecule has 3 rings (SSSR count). The fourth-order valence-corrected chi connectivity index (χ4v) is 5.85. The summed E-state index contributed by atoms with van der Waals surface area (Å²) in [5, 5.41) is 3.94. The minimum absolute atomic E-state index is 0.00435. The number of thiazole rings is 1. The van der Waals surface area contributed by atoms with Gasteiger partial charge in [0.05, 0.1) is 28.1 Å². The highest BCUT2D eigenvalue weighted by Crippen LogP contribution is 2.26. The Bertz CT molecular complexity index is 613. The third kappa shape index (κ3) is 3.63. The molecule has 1 aromatic heterocycles. The maximum absolute atomic E-state index is 11.9. The molecule has 1 amide bonds. The summed E-state index contributed by atoms with van der Waals surface area (Å²) in [5.74, 6) is -0.341. The number of hydrogen-bond donors (Lipinski definition) is 1. The van der Waals surface area contributed by atoms with Gasteiger partial charge in [-0.3, -0.25) is 4.79 Å². The lowest BCUT2D eigenvalue weighted by Crippen LogP contribution is -2.32. The Balaban J connectivity index is 1.48. The van der Waals surface area contributed by atoms with E-state index in [1.54, 1.807) is 11.3 Å². The molecule has 116 valence electrons. The maximum atomic E-state index is 11.9. The molecule has 1 saturated heterocycles. The van der Waals surface area contributed by atoms with Crippen molar-refractivity contribution in [1.29, 1.82) is 0 Å². The van der Waals surface area contributed by atoms with Crippen LogP contribution in [0.5, 0.6) is 0 Å². The van der Waals surface area contributed by atoms with Gasteiger partial charge in [0.1, 0.15) is 0 Å². The third-order valence-electron chi connectivity index (χ3n) is 4.13. The molecule has 0 aromatic carbocycles. The minimum Gasteiger partial charge on any atom is -0.355 e. The molecule has 1 atom stereocenters. The number of hydrogen-bond acceptors (Lipinski definition) is 5. The molecule has 0 bridgehead atoms. The Labute approximate surface area is 129 Å². The summed E-state index contributed by atoms with van der Waals surface area (Å²) in [6.45, 7) is 0.543. The largest absolute Gasteiger partial charge is 0.355 e. The van der Waals surface area contributed by atoms with E-state index in [2.05, 4.69) is 10.3 Å². The Morgan fingerprint density at radius 2 is 2.14 bits per heavy atom. The summed E-state index contributed by atoms with van der Waals surface area (Å²) in [7, 11) is -2.99. The van der Waals surface area contributed by atoms with E-state index in [1.807, 2.05) is 0 Å². The number of amides is 1. The van der Waals surface area contributed by atoms with Gasteiger partial charge in [-0.2, -0.15) is 0 Å². The predicted molar refractivity (Wildman–Crippen MR) is 82.2 cm³/mol. The molecule has 2 aliphatic rings. The van der Waals surface area contributed by atoms with Crippen LogP contribution < -0.4 is 5.32 Å². The molecule has 0 saturated carbocycles. The van der Waals surface area contributed by atoms with Crippen molar-refractivity contribution in [2.24, 2.45) is 5.92 Å². The molecule has 0 unspecified atom stereocenters. The van der Waals surface area contributed by atoms with Crippen LogP contribution in [-0.2, 0) is 33.9 Å². The van der Waals surface area contributed by atoms with Crippen molar-refractivity contribution >= 4 is 27.1 Å². The van der Waals surface area contributed by atoms with E-state index < -0.39 is 9.84 Å². The molecule has 21 heavy (non-hydrogen) atoms. The quantitative estimate of drug-likeness (QED) is 0.898. The molecular weight excluding hydrogens is 308 g/mol. The molecule has 1 aliphatic heterocycles. The molecule has 1 fully saturated rings. The van der Waals surface area contributed by atoms with E-state index >= 15 is 0 Å². The van der Waals surface area contributed by atoms with Gasteiger partial charge in [0.2, 0.25) is 5.91 Å². The zero-order valence-corrected chi connectivity index (χ0v) is 13.6. The second-order valence-electron chi connectivity index (χ2n) is 5.83. The average molecular weight is 328 g/mol. The van der Waals surface area contributed by atoms with E-state index in [9.17, 15) is 13.2 Å². The van der Waals surface area contributed by atoms with Crippen LogP contribution in [0.1, 0.15) is 34.8 Å². The average Bonchev–Trinajstić information content (AvgIpc) is 3.01. The van der Waals surface area contributed by atoms with Gasteiger partial charge in [-0.05, 0) is 32.1 Å². The first kappa shape index (κ1) is 15.0. The highest BCUT2D eigenvalue weighted by atomic mass is 32.2. The van der Waals surface area contributed by atoms with Gasteiger partial charge in [0, 0.05) is 17.8 Å². The lowest BCUT2D eigenvalue weighted by molar-refractivity contribution is -0.124. The second-order valence-corrected chi connectivity index (χ2v) is 9.22. The second kappa shape index (κ2) is 6.04. The van der Waals surface area contributed by atoms with Gasteiger partial charge in [-0.25, -0.2) is 13.4 Å². The first-order valence-corrected chi connectivity index (χ1v) is 10.1. The van der Waals surface area contributed by atoms with Gasteiger partial charge in [0.15, 0.2) is 9.84 Å². The zero-order valence-electron chi connectivity index (χ0n) is 11.9. The molecule has 1 N–H and O–H groups in total. The lowest BCUT2D eigenvalue weighted by atomic mass is 10.0. The van der Waals surface area contributed by atoms with Crippen LogP contribution in [0.4, 0.5) is 0 Å². The van der Waals surface area contributed by atoms with E-state index in [0.29, 0.717) is 13.0 Å². The molecule has 1 aromatic rings. The first-order chi connectivity index (χ1) is 10.0. The van der Waals surface area contributed by atoms with Gasteiger partial charge in [0.25, 0.3) is 0 Å². The number of aromatic nitrogens is 1. The number of aryl methyl sites for hydroxylation is 2. The van der Waals surface area contributed by atoms with Crippen molar-refractivity contribution < 1.29 is 13.2 Å². The zero-order chi connectivity index (χ0) is 14.9. The molecule has 5 nitrogen and oxygen atoms in total. The van der Waals surface area contributed by atoms with Crippen molar-refractivity contribution in [1.82, 2.24) is 10.3 Å². The van der Waals surface area contributed by atoms with Crippen LogP contribution in [0.2, 0.25) is 0 Å². The lowest BCUT2D eigenvalue weighted by Gasteiger charge is -2.08. The number of carbonyl (C=O) groups is 1. The van der Waals surface area contributed by atoms with Gasteiger partial charge in [-0.15, -0.1) is 11.3 Å². The van der Waals surface area contributed by atoms with E-state index in [4.69, 9.17) is 0 Å². The molecule has 2 heterocycles. The number of sulfone groups is 1. The number of rotatable bonds is 4. The summed E-state index contributed by atoms with van der Waals surface area (Å²) in [5.41, 5.74) is 1.24. The third-order valence-corrected chi connectivity index (χ3v) is 7.12. The predicted octanol–water partition coefficient (Wildman–Crippen LogP) is 1.12. The van der Waals surface area contributed by atoms with Crippen molar-refractivity contribution in [2.45, 2.75) is 38.5 Å². The minimum atomic E-state index is -2.99. The standard InChI is InChI=1S/C14H20N2O3S2/c17-14(10-6-8-21(18,19)9-10)15-7-5-13-16-11-3-1-2-4-12(11)20-13/h10H,1-9H2,(H,15,17)/t10-/m0/s1. The Kier molecular flexibility index (Phi) is 4.31. The molecule has 7 heteroatoms. The summed E-state index contributed by atoms with van der Waals surface area (Å²) < 4.78 is 22.7. The van der Waals surface area contributed by atoms with Gasteiger partial charge >= 0.3 is 0 Å². The van der Waals surface area contributed by atoms with Crippen molar-refractivity contribution in [2.75, 3.05) is 18.1 Å². The molecule has 1 aliphatic carbocycles. The van der Waals surface area contributed by atoms with Crippen molar-refractivity contribution in [3.63, 3.8) is 0 Å². The highest BCUT2D eigenvalue weighted by molar-refractivity contribution is 7.91. The normalized spacial score (nSPS) is 23.7. The number of nitrogens with one attached hydrogen (secondary N) is 1. The van der Waals surface area contributed by atoms with Crippen molar-refractivity contribution in [3.8, 4) is 0 Å². The summed E-state index contributed by atoms with van der Waals surface area (Å²) in [6, 6.07) is 0. The highest BCUT2D eigenvalue weighted by Gasteiger charge is 2.32. The Morgan fingerprint density at radius 3 is 2.86 bits per heavy atom. The fourth-order valence-electron chi connectivity index (χ4n) is 2.95. The van der Waals surface area contributed by atoms with Crippen LogP contribution in [0.15, 0.2) is 0 Å². The number of nitrogens with zero attached hydrogens (tertiary/aromatic N) is 1. The van der Waals surface area contributed by atoms with Crippen LogP contribution in [-0.4, -0.2) is 37.4 Å². The molecule has 0 spiro atoms. The van der Waals surface area contributed by atoms with Crippen LogP contribution in [0, 0.1) is 5.92 Å². The van der Waals surface area contributed by atoms with Gasteiger partial charge in [-0.1, -0.05) is 0 Å². The van der Waals surface area contributed by atoms with E-state index in [0.717, 1.165) is 24.3 Å². The van der Waals surface area contributed by atoms with E-state index in [1.165, 1.54) is 23.4 Å². The monoisotopic (exact) mass is 328 g/mol. The Hall–Kier alpha value is -0.950. The topological polar surface area (TPSA) is 76.1 Å². The Morgan fingerprint density at radius 1 is 1.33 bits per heavy atom. The fraction of sp³-hybridized carbons (Fsp3) is 0.714. The summed E-state index contributed by atoms with van der Waals surface area (Å²) >= 11 is 1.76. The first-order valence-electron chi connectivity index (χ1n) is 7.49. The molecule has 0 radical (unpaired) electrons. The smallest absolute Gasteiger partial charge is 0.224 e. The van der Waals surface area contributed by atoms with Crippen LogP contribution in [0.3, 0.4) is 0 Å². The number of fused-ring (bicyclic) bond motifs is 1. The maximum Gasteiger partial charge on any atom is 0.224 e. The van der Waals surface area contributed by atoms with Gasteiger partial charge < -0.3 is 5.32 Å². The summed E-state index contributed by atoms with van der Waals surface area (Å²) in [6.07, 6.45) is 5.89. The summed E-state index contributed by atoms with van der Waals surface area (Å²) in [4.78, 5) is 18.0. The van der Waals surface area contributed by atoms with Crippen LogP contribution >= 0.6 is 11.3 Å². The van der Waals surface area contributed by atoms with Crippen LogP contribution in [0.25, 0.3) is 0 Å². The van der Waals surface area contributed by atoms with Crippen molar-refractivity contribution in [3.05, 3.63) is 15.6 Å². The SMILES string of the molecule is O=C(NCCc1nc2c(s1)CCCC2)[C@H]1CCS(=O)(=O)C1. The number of carbonyl (C=O) groups excluding carboxylic acids is 1. The van der Waals surface area contributed by atoms with E-state index in [-0.39, 0.29) is 23.3 Å². The molecular formula is C14H20N2O3S2.